The maximum atomic E-state index is 12.3. The highest BCUT2D eigenvalue weighted by Crippen LogP contribution is 2.38. The highest BCUT2D eigenvalue weighted by atomic mass is 16.5. The summed E-state index contributed by atoms with van der Waals surface area (Å²) in [4.78, 5) is 24.4. The Labute approximate surface area is 175 Å². The third kappa shape index (κ3) is 5.56. The van der Waals surface area contributed by atoms with Gasteiger partial charge < -0.3 is 28.4 Å². The smallest absolute Gasteiger partial charge is 0.306 e. The normalized spacial score (nSPS) is 10.2. The first-order valence-electron chi connectivity index (χ1n) is 9.17. The van der Waals surface area contributed by atoms with Crippen LogP contribution in [0, 0.1) is 0 Å². The van der Waals surface area contributed by atoms with Crippen LogP contribution < -0.4 is 23.7 Å². The largest absolute Gasteiger partial charge is 0.493 e. The van der Waals surface area contributed by atoms with Crippen LogP contribution in [0.1, 0.15) is 22.3 Å². The van der Waals surface area contributed by atoms with Gasteiger partial charge in [-0.05, 0) is 42.3 Å². The fourth-order valence-electron chi connectivity index (χ4n) is 2.84. The van der Waals surface area contributed by atoms with Gasteiger partial charge in [0.1, 0.15) is 0 Å². The summed E-state index contributed by atoms with van der Waals surface area (Å²) in [5.41, 5.74) is 1.18. The van der Waals surface area contributed by atoms with Gasteiger partial charge >= 0.3 is 5.97 Å². The van der Waals surface area contributed by atoms with Crippen molar-refractivity contribution in [2.24, 2.45) is 0 Å². The highest BCUT2D eigenvalue weighted by molar-refractivity contribution is 5.98. The monoisotopic (exact) mass is 418 g/mol. The average molecular weight is 418 g/mol. The Morgan fingerprint density at radius 3 is 1.87 bits per heavy atom. The third-order valence-electron chi connectivity index (χ3n) is 4.41. The fraction of sp³-hybridized carbons (Fsp3) is 0.364. The number of aryl methyl sites for hydroxylation is 1. The Hall–Kier alpha value is -3.42. The van der Waals surface area contributed by atoms with Crippen molar-refractivity contribution in [2.75, 3.05) is 42.2 Å². The minimum atomic E-state index is -0.488. The second kappa shape index (κ2) is 10.9. The fourth-order valence-corrected chi connectivity index (χ4v) is 2.84. The van der Waals surface area contributed by atoms with Crippen molar-refractivity contribution in [2.45, 2.75) is 12.8 Å². The van der Waals surface area contributed by atoms with Gasteiger partial charge in [-0.25, -0.2) is 0 Å². The van der Waals surface area contributed by atoms with Crippen molar-refractivity contribution in [1.82, 2.24) is 0 Å². The molecule has 0 bridgehead atoms. The number of carbonyl (C=O) groups excluding carboxylic acids is 2. The van der Waals surface area contributed by atoms with Crippen LogP contribution in [0.3, 0.4) is 0 Å². The number of rotatable bonds is 11. The van der Waals surface area contributed by atoms with Crippen molar-refractivity contribution >= 4 is 11.8 Å². The van der Waals surface area contributed by atoms with E-state index in [1.54, 1.807) is 30.3 Å². The van der Waals surface area contributed by atoms with Crippen LogP contribution in [-0.2, 0) is 16.0 Å². The first-order valence-corrected chi connectivity index (χ1v) is 9.17. The van der Waals surface area contributed by atoms with Gasteiger partial charge in [-0.15, -0.1) is 0 Å². The molecule has 0 aliphatic rings. The van der Waals surface area contributed by atoms with Crippen molar-refractivity contribution in [3.05, 3.63) is 41.5 Å². The molecule has 0 unspecified atom stereocenters. The molecule has 2 rings (SSSR count). The number of methoxy groups -OCH3 is 5. The average Bonchev–Trinajstić information content (AvgIpc) is 2.79. The number of ether oxygens (including phenoxy) is 6. The minimum absolute atomic E-state index is 0.0951. The van der Waals surface area contributed by atoms with Gasteiger partial charge in [0.15, 0.2) is 35.4 Å². The van der Waals surface area contributed by atoms with E-state index in [1.165, 1.54) is 35.5 Å². The van der Waals surface area contributed by atoms with Gasteiger partial charge in [0.2, 0.25) is 5.75 Å². The molecule has 30 heavy (non-hydrogen) atoms. The van der Waals surface area contributed by atoms with Gasteiger partial charge in [-0.2, -0.15) is 0 Å². The van der Waals surface area contributed by atoms with Gasteiger partial charge in [-0.1, -0.05) is 0 Å². The molecule has 2 aromatic rings. The van der Waals surface area contributed by atoms with Crippen LogP contribution in [0.2, 0.25) is 0 Å². The number of esters is 1. The van der Waals surface area contributed by atoms with E-state index in [-0.39, 0.29) is 18.8 Å². The molecule has 0 amide bonds. The number of carbonyl (C=O) groups is 2. The lowest BCUT2D eigenvalue weighted by molar-refractivity contribution is -0.142. The van der Waals surface area contributed by atoms with E-state index in [9.17, 15) is 9.59 Å². The van der Waals surface area contributed by atoms with E-state index in [0.29, 0.717) is 40.7 Å². The molecule has 162 valence electrons. The molecular weight excluding hydrogens is 392 g/mol. The van der Waals surface area contributed by atoms with E-state index in [0.717, 1.165) is 5.56 Å². The molecule has 0 spiro atoms. The molecule has 0 aromatic heterocycles. The van der Waals surface area contributed by atoms with Crippen LogP contribution in [-0.4, -0.2) is 53.9 Å². The van der Waals surface area contributed by atoms with Crippen LogP contribution in [0.5, 0.6) is 28.7 Å². The maximum Gasteiger partial charge on any atom is 0.306 e. The number of benzene rings is 2. The van der Waals surface area contributed by atoms with Gasteiger partial charge in [0.25, 0.3) is 0 Å². The van der Waals surface area contributed by atoms with Gasteiger partial charge in [0, 0.05) is 12.0 Å². The molecule has 0 aliphatic heterocycles. The Morgan fingerprint density at radius 2 is 1.33 bits per heavy atom. The summed E-state index contributed by atoms with van der Waals surface area (Å²) in [7, 11) is 7.56. The molecular formula is C22H26O8. The number of Topliss-reactive ketones (excluding diaryl/α,β-unsaturated/α-hetero) is 1. The Bertz CT molecular complexity index is 866. The zero-order chi connectivity index (χ0) is 22.1. The summed E-state index contributed by atoms with van der Waals surface area (Å²) in [6.45, 7) is -0.358. The number of hydrogen-bond donors (Lipinski definition) is 0. The minimum Gasteiger partial charge on any atom is -0.493 e. The predicted octanol–water partition coefficient (Wildman–Crippen LogP) is 3.09. The van der Waals surface area contributed by atoms with E-state index in [2.05, 4.69) is 0 Å². The van der Waals surface area contributed by atoms with Crippen molar-refractivity contribution < 1.29 is 38.0 Å². The molecule has 2 aromatic carbocycles. The zero-order valence-corrected chi connectivity index (χ0v) is 17.8. The van der Waals surface area contributed by atoms with Gasteiger partial charge in [0.05, 0.1) is 35.5 Å². The first kappa shape index (κ1) is 22.9. The number of hydrogen-bond acceptors (Lipinski definition) is 8. The second-order valence-corrected chi connectivity index (χ2v) is 6.19. The van der Waals surface area contributed by atoms with Crippen LogP contribution in [0.4, 0.5) is 0 Å². The molecule has 0 atom stereocenters. The summed E-state index contributed by atoms with van der Waals surface area (Å²) in [6, 6.07) is 8.30. The Balaban J connectivity index is 1.95. The van der Waals surface area contributed by atoms with Gasteiger partial charge in [-0.3, -0.25) is 9.59 Å². The first-order chi connectivity index (χ1) is 14.5. The topological polar surface area (TPSA) is 89.5 Å². The molecule has 0 saturated heterocycles. The molecule has 0 heterocycles. The van der Waals surface area contributed by atoms with E-state index in [1.807, 2.05) is 0 Å². The molecule has 0 aliphatic carbocycles. The second-order valence-electron chi connectivity index (χ2n) is 6.19. The summed E-state index contributed by atoms with van der Waals surface area (Å²) in [5.74, 6) is 1.60. The van der Waals surface area contributed by atoms with E-state index in [4.69, 9.17) is 28.4 Å². The summed E-state index contributed by atoms with van der Waals surface area (Å²) >= 11 is 0. The van der Waals surface area contributed by atoms with E-state index < -0.39 is 5.97 Å². The molecule has 0 radical (unpaired) electrons. The Morgan fingerprint density at radius 1 is 0.733 bits per heavy atom. The van der Waals surface area contributed by atoms with Crippen LogP contribution in [0.25, 0.3) is 0 Å². The summed E-state index contributed by atoms with van der Waals surface area (Å²) < 4.78 is 31.3. The quantitative estimate of drug-likeness (QED) is 0.406. The van der Waals surface area contributed by atoms with Crippen LogP contribution >= 0.6 is 0 Å². The SMILES string of the molecule is COc1ccc(C(=O)COC(=O)CCc2cc(OC)c(OC)c(OC)c2)cc1OC. The highest BCUT2D eigenvalue weighted by Gasteiger charge is 2.16. The lowest BCUT2D eigenvalue weighted by Crippen LogP contribution is -2.14. The van der Waals surface area contributed by atoms with Crippen molar-refractivity contribution in [3.8, 4) is 28.7 Å². The van der Waals surface area contributed by atoms with Crippen molar-refractivity contribution in [1.29, 1.82) is 0 Å². The van der Waals surface area contributed by atoms with Crippen molar-refractivity contribution in [3.63, 3.8) is 0 Å². The molecule has 8 nitrogen and oxygen atoms in total. The summed E-state index contributed by atoms with van der Waals surface area (Å²) in [5, 5.41) is 0. The molecule has 8 heteroatoms. The number of ketones is 1. The predicted molar refractivity (Wildman–Crippen MR) is 109 cm³/mol. The molecule has 0 fully saturated rings. The summed E-state index contributed by atoms with van der Waals surface area (Å²) in [6.07, 6.45) is 0.484. The lowest BCUT2D eigenvalue weighted by atomic mass is 10.1. The maximum absolute atomic E-state index is 12.3. The molecule has 0 N–H and O–H groups in total. The third-order valence-corrected chi connectivity index (χ3v) is 4.41. The molecule has 0 saturated carbocycles. The Kier molecular flexibility index (Phi) is 8.34. The van der Waals surface area contributed by atoms with E-state index >= 15 is 0 Å². The lowest BCUT2D eigenvalue weighted by Gasteiger charge is -2.14. The standard InChI is InChI=1S/C22H26O8/c1-25-17-8-7-15(12-18(17)26-2)16(23)13-30-21(24)9-6-14-10-19(27-3)22(29-5)20(11-14)28-4/h7-8,10-12H,6,9,13H2,1-5H3. The van der Waals surface area contributed by atoms with Crippen LogP contribution in [0.15, 0.2) is 30.3 Å². The zero-order valence-electron chi connectivity index (χ0n) is 17.8.